The molecule has 1 atom stereocenters. The molecule has 1 N–H and O–H groups in total. The zero-order valence-corrected chi connectivity index (χ0v) is 42.7. The number of nitrogens with zero attached hydrogens (tertiary/aromatic N) is 6. The zero-order chi connectivity index (χ0) is 50.3. The van der Waals surface area contributed by atoms with Crippen LogP contribution in [0.2, 0.25) is 0 Å². The molecule has 7 heterocycles. The molecule has 9 heteroatoms. The summed E-state index contributed by atoms with van der Waals surface area (Å²) < 4.78 is 11.8. The van der Waals surface area contributed by atoms with Crippen LogP contribution in [0.25, 0.3) is 134 Å². The fourth-order valence-corrected chi connectivity index (χ4v) is 14.8. The van der Waals surface area contributed by atoms with E-state index < -0.39 is 6.29 Å². The van der Waals surface area contributed by atoms with Crippen molar-refractivity contribution in [2.24, 2.45) is 9.98 Å². The third kappa shape index (κ3) is 6.32. The SMILES string of the molecule is c1ccc(-c2cccc3c2sc2cc4c(cc23)sc2c(C3=NC(n5c6ccccc6c6ccccc65)=NC(n5c6ccccc6c6ccccc65)N3)cc(-c3cccc(-n5c6ccccc6c6ccccc65)n3)cc24)cc1. The average molecular weight is 1020 g/mol. The van der Waals surface area contributed by atoms with Crippen molar-refractivity contribution in [3.63, 3.8) is 0 Å². The maximum atomic E-state index is 5.71. The Morgan fingerprint density at radius 1 is 0.364 bits per heavy atom. The van der Waals surface area contributed by atoms with Crippen molar-refractivity contribution in [3.8, 4) is 28.2 Å². The Hall–Kier alpha value is -9.67. The average Bonchev–Trinajstić information content (AvgIpc) is 4.44. The van der Waals surface area contributed by atoms with Crippen molar-refractivity contribution in [2.75, 3.05) is 0 Å². The van der Waals surface area contributed by atoms with E-state index in [1.807, 2.05) is 22.7 Å². The molecule has 6 aromatic heterocycles. The number of aliphatic imine (C=N–C) groups is 2. The Bertz CT molecular complexity index is 5060. The van der Waals surface area contributed by atoms with Gasteiger partial charge in [-0.05, 0) is 83.9 Å². The Morgan fingerprint density at radius 2 is 0.844 bits per heavy atom. The molecule has 0 amide bonds. The quantitative estimate of drug-likeness (QED) is 0.187. The highest BCUT2D eigenvalue weighted by molar-refractivity contribution is 7.28. The smallest absolute Gasteiger partial charge is 0.235 e. The largest absolute Gasteiger partial charge is 0.330 e. The standard InChI is InChI=1S/C68H41N7S2/c1-2-18-40(19-3-1)42-26-16-27-49-50-38-62-51(39-61(50)76-64(42)49)52-36-41(54-28-17-35-63(69-54)73-55-29-10-4-20-43(55)44-21-5-11-30-56(44)73)37-53(65(52)77-62)66-70-67(74-57-31-12-6-22-45(57)46-23-7-13-32-58(46)74)72-68(71-66)75-59-33-14-8-24-47(59)48-25-9-15-34-60(48)75/h1-39,67H,(H,70,71,72). The highest BCUT2D eigenvalue weighted by Crippen LogP contribution is 2.47. The summed E-state index contributed by atoms with van der Waals surface area (Å²) in [6.07, 6.45) is -0.567. The minimum atomic E-state index is -0.567. The fourth-order valence-electron chi connectivity index (χ4n) is 12.4. The normalized spacial score (nSPS) is 14.1. The van der Waals surface area contributed by atoms with Crippen LogP contribution in [0.1, 0.15) is 11.9 Å². The first-order valence-electron chi connectivity index (χ1n) is 26.0. The lowest BCUT2D eigenvalue weighted by atomic mass is 10.00. The number of amidine groups is 1. The molecule has 16 aromatic rings. The Kier molecular flexibility index (Phi) is 9.09. The second-order valence-corrected chi connectivity index (χ2v) is 22.0. The van der Waals surface area contributed by atoms with Crippen molar-refractivity contribution >= 4 is 140 Å². The van der Waals surface area contributed by atoms with Crippen LogP contribution in [-0.2, 0) is 0 Å². The van der Waals surface area contributed by atoms with Gasteiger partial charge in [0.1, 0.15) is 11.7 Å². The molecule has 0 saturated heterocycles. The number of nitrogens with one attached hydrogen (secondary N) is 1. The van der Waals surface area contributed by atoms with E-state index in [0.717, 1.165) is 82.4 Å². The van der Waals surface area contributed by atoms with Gasteiger partial charge in [-0.1, -0.05) is 164 Å². The van der Waals surface area contributed by atoms with Gasteiger partial charge < -0.3 is 9.88 Å². The number of benzene rings is 10. The molecule has 0 aliphatic carbocycles. The number of aromatic nitrogens is 4. The van der Waals surface area contributed by atoms with Crippen LogP contribution < -0.4 is 5.32 Å². The molecule has 1 aliphatic rings. The molecule has 360 valence electrons. The molecule has 17 rings (SSSR count). The number of rotatable bonds is 5. The first-order valence-corrected chi connectivity index (χ1v) is 27.6. The van der Waals surface area contributed by atoms with Crippen LogP contribution in [0, 0.1) is 0 Å². The molecule has 1 unspecified atom stereocenters. The zero-order valence-electron chi connectivity index (χ0n) is 41.1. The van der Waals surface area contributed by atoms with Gasteiger partial charge in [0.15, 0.2) is 0 Å². The summed E-state index contributed by atoms with van der Waals surface area (Å²) in [5.41, 5.74) is 11.9. The molecule has 0 radical (unpaired) electrons. The fraction of sp³-hybridized carbons (Fsp3) is 0.0147. The van der Waals surface area contributed by atoms with E-state index in [1.165, 1.54) is 62.9 Å². The second kappa shape index (κ2) is 16.4. The summed E-state index contributed by atoms with van der Waals surface area (Å²) in [5.74, 6) is 2.20. The topological polar surface area (TPSA) is 64.4 Å². The number of para-hydroxylation sites is 6. The van der Waals surface area contributed by atoms with Gasteiger partial charge in [0.2, 0.25) is 12.2 Å². The van der Waals surface area contributed by atoms with Crippen LogP contribution in [0.3, 0.4) is 0 Å². The van der Waals surface area contributed by atoms with Crippen molar-refractivity contribution in [2.45, 2.75) is 6.29 Å². The molecule has 1 aliphatic heterocycles. The van der Waals surface area contributed by atoms with Crippen molar-refractivity contribution in [1.82, 2.24) is 24.0 Å². The minimum absolute atomic E-state index is 0.567. The highest BCUT2D eigenvalue weighted by Gasteiger charge is 2.29. The van der Waals surface area contributed by atoms with Crippen LogP contribution in [-0.4, -0.2) is 30.5 Å². The van der Waals surface area contributed by atoms with Crippen molar-refractivity contribution < 1.29 is 0 Å². The highest BCUT2D eigenvalue weighted by atomic mass is 32.1. The molecule has 77 heavy (non-hydrogen) atoms. The first kappa shape index (κ1) is 42.7. The molecular weight excluding hydrogens is 979 g/mol. The third-order valence-electron chi connectivity index (χ3n) is 15.7. The van der Waals surface area contributed by atoms with E-state index >= 15 is 0 Å². The molecule has 10 aromatic carbocycles. The van der Waals surface area contributed by atoms with Gasteiger partial charge in [0.25, 0.3) is 0 Å². The van der Waals surface area contributed by atoms with Gasteiger partial charge in [-0.25, -0.2) is 9.98 Å². The first-order chi connectivity index (χ1) is 38.2. The van der Waals surface area contributed by atoms with E-state index in [1.54, 1.807) is 0 Å². The van der Waals surface area contributed by atoms with E-state index in [4.69, 9.17) is 15.0 Å². The summed E-state index contributed by atoms with van der Waals surface area (Å²) >= 11 is 3.71. The minimum Gasteiger partial charge on any atom is -0.330 e. The van der Waals surface area contributed by atoms with Gasteiger partial charge in [0, 0.05) is 83.8 Å². The maximum absolute atomic E-state index is 5.71. The number of hydrogen-bond acceptors (Lipinski definition) is 6. The Morgan fingerprint density at radius 3 is 1.44 bits per heavy atom. The maximum Gasteiger partial charge on any atom is 0.235 e. The number of thiophene rings is 2. The van der Waals surface area contributed by atoms with Crippen LogP contribution in [0.5, 0.6) is 0 Å². The summed E-state index contributed by atoms with van der Waals surface area (Å²) in [6, 6.07) is 85.2. The van der Waals surface area contributed by atoms with Gasteiger partial charge in [-0.15, -0.1) is 22.7 Å². The van der Waals surface area contributed by atoms with Crippen LogP contribution >= 0.6 is 22.7 Å². The molecule has 0 bridgehead atoms. The molecule has 0 fully saturated rings. The van der Waals surface area contributed by atoms with Gasteiger partial charge in [-0.3, -0.25) is 9.13 Å². The third-order valence-corrected chi connectivity index (χ3v) is 18.1. The monoisotopic (exact) mass is 1020 g/mol. The second-order valence-electron chi connectivity index (χ2n) is 19.9. The lowest BCUT2D eigenvalue weighted by molar-refractivity contribution is 0.513. The predicted molar refractivity (Wildman–Crippen MR) is 326 cm³/mol. The van der Waals surface area contributed by atoms with Crippen LogP contribution in [0.15, 0.2) is 247 Å². The molecular formula is C68H41N7S2. The van der Waals surface area contributed by atoms with E-state index in [0.29, 0.717) is 5.96 Å². The van der Waals surface area contributed by atoms with E-state index in [-0.39, 0.29) is 0 Å². The van der Waals surface area contributed by atoms with Gasteiger partial charge in [0.05, 0.1) is 38.8 Å². The van der Waals surface area contributed by atoms with Gasteiger partial charge in [-0.2, -0.15) is 4.99 Å². The Balaban J connectivity index is 0.940. The summed E-state index contributed by atoms with van der Waals surface area (Å²) in [5, 5.41) is 16.0. The predicted octanol–water partition coefficient (Wildman–Crippen LogP) is 17.9. The lowest BCUT2D eigenvalue weighted by Gasteiger charge is -2.26. The summed E-state index contributed by atoms with van der Waals surface area (Å²) in [4.78, 5) is 17.0. The van der Waals surface area contributed by atoms with Crippen molar-refractivity contribution in [1.29, 1.82) is 0 Å². The molecule has 0 saturated carbocycles. The van der Waals surface area contributed by atoms with Gasteiger partial charge >= 0.3 is 0 Å². The molecule has 0 spiro atoms. The molecule has 7 nitrogen and oxygen atoms in total. The number of fused-ring (bicyclic) bond motifs is 15. The summed E-state index contributed by atoms with van der Waals surface area (Å²) in [7, 11) is 0. The number of pyridine rings is 1. The van der Waals surface area contributed by atoms with E-state index in [9.17, 15) is 0 Å². The van der Waals surface area contributed by atoms with E-state index in [2.05, 4.69) is 256 Å². The van der Waals surface area contributed by atoms with Crippen molar-refractivity contribution in [3.05, 3.63) is 242 Å². The Labute approximate surface area is 448 Å². The lowest BCUT2D eigenvalue weighted by Crippen LogP contribution is -2.37. The summed E-state index contributed by atoms with van der Waals surface area (Å²) in [6.45, 7) is 0. The number of hydrogen-bond donors (Lipinski definition) is 1. The van der Waals surface area contributed by atoms with Crippen LogP contribution in [0.4, 0.5) is 0 Å².